The SMILES string of the molecule is CCCC(C)C(C)(C)C=O. The Morgan fingerprint density at radius 2 is 2.00 bits per heavy atom. The lowest BCUT2D eigenvalue weighted by Crippen LogP contribution is -2.22. The molecule has 0 spiro atoms. The van der Waals surface area contributed by atoms with Crippen molar-refractivity contribution in [3.63, 3.8) is 0 Å². The van der Waals surface area contributed by atoms with E-state index >= 15 is 0 Å². The van der Waals surface area contributed by atoms with Crippen molar-refractivity contribution >= 4 is 6.29 Å². The summed E-state index contributed by atoms with van der Waals surface area (Å²) in [5.41, 5.74) is -0.129. The highest BCUT2D eigenvalue weighted by molar-refractivity contribution is 5.58. The van der Waals surface area contributed by atoms with Crippen LogP contribution in [0.4, 0.5) is 0 Å². The van der Waals surface area contributed by atoms with Crippen LogP contribution in [0.3, 0.4) is 0 Å². The minimum absolute atomic E-state index is 0.129. The number of hydrogen-bond donors (Lipinski definition) is 0. The van der Waals surface area contributed by atoms with Gasteiger partial charge in [0, 0.05) is 5.41 Å². The summed E-state index contributed by atoms with van der Waals surface area (Å²) < 4.78 is 0. The second-order valence-corrected chi connectivity index (χ2v) is 3.63. The summed E-state index contributed by atoms with van der Waals surface area (Å²) in [4.78, 5) is 10.5. The van der Waals surface area contributed by atoms with Gasteiger partial charge in [0.1, 0.15) is 6.29 Å². The van der Waals surface area contributed by atoms with Gasteiger partial charge in [0.2, 0.25) is 0 Å². The quantitative estimate of drug-likeness (QED) is 0.551. The highest BCUT2D eigenvalue weighted by Crippen LogP contribution is 2.27. The van der Waals surface area contributed by atoms with Gasteiger partial charge in [-0.3, -0.25) is 0 Å². The van der Waals surface area contributed by atoms with Crippen molar-refractivity contribution in [1.29, 1.82) is 0 Å². The zero-order chi connectivity index (χ0) is 8.20. The summed E-state index contributed by atoms with van der Waals surface area (Å²) in [5.74, 6) is 0.509. The molecule has 0 radical (unpaired) electrons. The molecule has 0 heterocycles. The molecule has 0 aliphatic heterocycles. The molecular formula is C9H18O. The van der Waals surface area contributed by atoms with E-state index in [0.717, 1.165) is 12.7 Å². The zero-order valence-corrected chi connectivity index (χ0v) is 7.48. The molecule has 1 unspecified atom stereocenters. The summed E-state index contributed by atoms with van der Waals surface area (Å²) in [6.45, 7) is 8.29. The first kappa shape index (κ1) is 9.67. The predicted molar refractivity (Wildman–Crippen MR) is 43.9 cm³/mol. The smallest absolute Gasteiger partial charge is 0.125 e. The monoisotopic (exact) mass is 142 g/mol. The Morgan fingerprint density at radius 3 is 2.30 bits per heavy atom. The van der Waals surface area contributed by atoms with Gasteiger partial charge in [0.25, 0.3) is 0 Å². The van der Waals surface area contributed by atoms with Crippen LogP contribution in [0.5, 0.6) is 0 Å². The van der Waals surface area contributed by atoms with Crippen molar-refractivity contribution < 1.29 is 4.79 Å². The van der Waals surface area contributed by atoms with Crippen LogP contribution in [0.25, 0.3) is 0 Å². The highest BCUT2D eigenvalue weighted by Gasteiger charge is 2.23. The fraction of sp³-hybridized carbons (Fsp3) is 0.889. The van der Waals surface area contributed by atoms with E-state index in [1.807, 2.05) is 13.8 Å². The molecular weight excluding hydrogens is 124 g/mol. The Balaban J connectivity index is 3.90. The van der Waals surface area contributed by atoms with Crippen molar-refractivity contribution in [2.24, 2.45) is 11.3 Å². The van der Waals surface area contributed by atoms with E-state index < -0.39 is 0 Å². The van der Waals surface area contributed by atoms with E-state index in [4.69, 9.17) is 0 Å². The van der Waals surface area contributed by atoms with Crippen molar-refractivity contribution in [3.8, 4) is 0 Å². The number of hydrogen-bond acceptors (Lipinski definition) is 1. The fourth-order valence-corrected chi connectivity index (χ4v) is 0.921. The van der Waals surface area contributed by atoms with Crippen molar-refractivity contribution in [2.45, 2.75) is 40.5 Å². The van der Waals surface area contributed by atoms with E-state index in [1.54, 1.807) is 0 Å². The molecule has 1 nitrogen and oxygen atoms in total. The van der Waals surface area contributed by atoms with Gasteiger partial charge in [0.05, 0.1) is 0 Å². The van der Waals surface area contributed by atoms with Crippen LogP contribution in [-0.4, -0.2) is 6.29 Å². The molecule has 0 saturated heterocycles. The van der Waals surface area contributed by atoms with Crippen LogP contribution in [0.2, 0.25) is 0 Å². The predicted octanol–water partition coefficient (Wildman–Crippen LogP) is 2.65. The van der Waals surface area contributed by atoms with Crippen LogP contribution in [0.15, 0.2) is 0 Å². The summed E-state index contributed by atoms with van der Waals surface area (Å²) >= 11 is 0. The maximum absolute atomic E-state index is 10.5. The van der Waals surface area contributed by atoms with Gasteiger partial charge in [0.15, 0.2) is 0 Å². The number of carbonyl (C=O) groups is 1. The van der Waals surface area contributed by atoms with Gasteiger partial charge >= 0.3 is 0 Å². The molecule has 0 aliphatic carbocycles. The van der Waals surface area contributed by atoms with Gasteiger partial charge in [-0.2, -0.15) is 0 Å². The molecule has 0 N–H and O–H groups in total. The molecule has 1 heteroatoms. The molecule has 0 aromatic carbocycles. The van der Waals surface area contributed by atoms with E-state index in [0.29, 0.717) is 5.92 Å². The largest absolute Gasteiger partial charge is 0.303 e. The van der Waals surface area contributed by atoms with E-state index in [-0.39, 0.29) is 5.41 Å². The van der Waals surface area contributed by atoms with Crippen LogP contribution in [0.1, 0.15) is 40.5 Å². The summed E-state index contributed by atoms with van der Waals surface area (Å²) in [7, 11) is 0. The lowest BCUT2D eigenvalue weighted by atomic mass is 9.79. The molecule has 0 amide bonds. The van der Waals surface area contributed by atoms with Gasteiger partial charge in [-0.05, 0) is 5.92 Å². The van der Waals surface area contributed by atoms with Crippen LogP contribution in [0, 0.1) is 11.3 Å². The summed E-state index contributed by atoms with van der Waals surface area (Å²) in [6, 6.07) is 0. The Morgan fingerprint density at radius 1 is 1.50 bits per heavy atom. The van der Waals surface area contributed by atoms with E-state index in [2.05, 4.69) is 13.8 Å². The lowest BCUT2D eigenvalue weighted by Gasteiger charge is -2.24. The second kappa shape index (κ2) is 3.75. The lowest BCUT2D eigenvalue weighted by molar-refractivity contribution is -0.116. The number of aldehydes is 1. The van der Waals surface area contributed by atoms with Gasteiger partial charge in [-0.1, -0.05) is 40.5 Å². The molecule has 0 saturated carbocycles. The first-order chi connectivity index (χ1) is 4.54. The minimum atomic E-state index is -0.129. The van der Waals surface area contributed by atoms with Gasteiger partial charge in [-0.15, -0.1) is 0 Å². The Kier molecular flexibility index (Phi) is 3.62. The molecule has 60 valence electrons. The molecule has 0 aromatic rings. The number of rotatable bonds is 4. The molecule has 10 heavy (non-hydrogen) atoms. The average Bonchev–Trinajstić information content (AvgIpc) is 1.89. The molecule has 0 fully saturated rings. The first-order valence-electron chi connectivity index (χ1n) is 4.01. The minimum Gasteiger partial charge on any atom is -0.303 e. The highest BCUT2D eigenvalue weighted by atomic mass is 16.1. The van der Waals surface area contributed by atoms with Crippen LogP contribution in [-0.2, 0) is 4.79 Å². The van der Waals surface area contributed by atoms with Gasteiger partial charge < -0.3 is 4.79 Å². The van der Waals surface area contributed by atoms with Crippen LogP contribution >= 0.6 is 0 Å². The average molecular weight is 142 g/mol. The summed E-state index contributed by atoms with van der Waals surface area (Å²) in [5, 5.41) is 0. The molecule has 1 atom stereocenters. The Hall–Kier alpha value is -0.330. The van der Waals surface area contributed by atoms with Crippen molar-refractivity contribution in [1.82, 2.24) is 0 Å². The maximum atomic E-state index is 10.5. The first-order valence-corrected chi connectivity index (χ1v) is 4.01. The third-order valence-corrected chi connectivity index (χ3v) is 2.30. The molecule has 0 rings (SSSR count). The van der Waals surface area contributed by atoms with E-state index in [1.165, 1.54) is 6.42 Å². The van der Waals surface area contributed by atoms with Crippen molar-refractivity contribution in [2.75, 3.05) is 0 Å². The van der Waals surface area contributed by atoms with Crippen molar-refractivity contribution in [3.05, 3.63) is 0 Å². The molecule has 0 aromatic heterocycles. The number of carbonyl (C=O) groups excluding carboxylic acids is 1. The Bertz CT molecular complexity index is 105. The molecule has 0 aliphatic rings. The topological polar surface area (TPSA) is 17.1 Å². The zero-order valence-electron chi connectivity index (χ0n) is 7.48. The Labute approximate surface area is 63.8 Å². The van der Waals surface area contributed by atoms with E-state index in [9.17, 15) is 4.79 Å². The second-order valence-electron chi connectivity index (χ2n) is 3.63. The third kappa shape index (κ3) is 2.51. The van der Waals surface area contributed by atoms with Gasteiger partial charge in [-0.25, -0.2) is 0 Å². The third-order valence-electron chi connectivity index (χ3n) is 2.30. The maximum Gasteiger partial charge on any atom is 0.125 e. The normalized spacial score (nSPS) is 14.8. The molecule has 0 bridgehead atoms. The summed E-state index contributed by atoms with van der Waals surface area (Å²) in [6.07, 6.45) is 3.37. The van der Waals surface area contributed by atoms with Crippen LogP contribution < -0.4 is 0 Å². The fourth-order valence-electron chi connectivity index (χ4n) is 0.921. The standard InChI is InChI=1S/C9H18O/c1-5-6-8(2)9(3,4)7-10/h7-8H,5-6H2,1-4H3.